The summed E-state index contributed by atoms with van der Waals surface area (Å²) < 4.78 is 40.1. The molecule has 0 aromatic carbocycles. The SMILES string of the molecule is Nc1nc(C(=NO)C(=O)N[C@@H]2C(=O)N3C(C(=O)O)=C(C(CC(F)(F)F)=C4CCNC4=O)CC[C@H]23)cs1.[NaH]. The number of nitrogens with one attached hydrogen (secondary N) is 2. The van der Waals surface area contributed by atoms with Gasteiger partial charge in [0.2, 0.25) is 5.91 Å². The molecular formula is C20H20F3N6NaO6S. The fraction of sp³-hybridized carbons (Fsp3) is 0.400. The molecule has 3 aliphatic heterocycles. The number of anilines is 1. The van der Waals surface area contributed by atoms with Crippen molar-refractivity contribution in [3.05, 3.63) is 33.5 Å². The molecule has 194 valence electrons. The van der Waals surface area contributed by atoms with Gasteiger partial charge in [0.25, 0.3) is 11.8 Å². The quantitative estimate of drug-likeness (QED) is 0.0805. The number of carboxylic acids is 1. The number of carboxylic acid groups (broad SMARTS) is 1. The maximum absolute atomic E-state index is 13.4. The first-order chi connectivity index (χ1) is 16.9. The second kappa shape index (κ2) is 10.8. The van der Waals surface area contributed by atoms with Crippen molar-refractivity contribution in [3.8, 4) is 0 Å². The predicted octanol–water partition coefficient (Wildman–Crippen LogP) is -0.148. The van der Waals surface area contributed by atoms with Gasteiger partial charge in [-0.2, -0.15) is 13.2 Å². The summed E-state index contributed by atoms with van der Waals surface area (Å²) in [4.78, 5) is 54.4. The number of nitrogens with two attached hydrogens (primary N) is 1. The molecule has 2 saturated heterocycles. The maximum atomic E-state index is 13.4. The van der Waals surface area contributed by atoms with Gasteiger partial charge < -0.3 is 26.7 Å². The molecule has 17 heteroatoms. The molecule has 3 aliphatic rings. The van der Waals surface area contributed by atoms with Crippen LogP contribution in [0, 0.1) is 0 Å². The molecule has 0 bridgehead atoms. The number of amides is 3. The number of oxime groups is 1. The standard InChI is InChI=1S/C20H19F3N6O6S.Na.H/c21-20(22,23)5-9(8-3-4-25-15(8)30)7-1-2-11-13(17(32)29(11)14(7)18(33)34)27-16(31)12(28-35)10-6-36-19(24)26-10;;/h6,11,13,35H,1-5H2,(H2,24,26)(H,25,30)(H,27,31)(H,33,34);;/t11-,13+;;/m1../s1. The summed E-state index contributed by atoms with van der Waals surface area (Å²) in [7, 11) is 0. The van der Waals surface area contributed by atoms with Crippen molar-refractivity contribution >= 4 is 75.4 Å². The first-order valence-electron chi connectivity index (χ1n) is 10.5. The van der Waals surface area contributed by atoms with Crippen molar-refractivity contribution in [2.24, 2.45) is 5.16 Å². The minimum atomic E-state index is -4.73. The zero-order valence-corrected chi connectivity index (χ0v) is 19.1. The van der Waals surface area contributed by atoms with Gasteiger partial charge in [-0.05, 0) is 30.4 Å². The number of β-lactam (4-membered cyclic amide) rings is 1. The van der Waals surface area contributed by atoms with Crippen molar-refractivity contribution in [3.63, 3.8) is 0 Å². The molecule has 2 fully saturated rings. The normalized spacial score (nSPS) is 23.1. The molecular weight excluding hydrogens is 532 g/mol. The van der Waals surface area contributed by atoms with Crippen molar-refractivity contribution in [2.45, 2.75) is 43.9 Å². The van der Waals surface area contributed by atoms with Gasteiger partial charge in [0, 0.05) is 17.5 Å². The number of nitrogen functional groups attached to an aromatic ring is 1. The zero-order chi connectivity index (χ0) is 26.4. The van der Waals surface area contributed by atoms with Gasteiger partial charge in [-0.15, -0.1) is 11.3 Å². The Labute approximate surface area is 232 Å². The van der Waals surface area contributed by atoms with Gasteiger partial charge in [0.15, 0.2) is 10.8 Å². The van der Waals surface area contributed by atoms with E-state index in [0.717, 1.165) is 16.2 Å². The van der Waals surface area contributed by atoms with Crippen molar-refractivity contribution < 1.29 is 42.7 Å². The van der Waals surface area contributed by atoms with Crippen LogP contribution in [0.4, 0.5) is 18.3 Å². The second-order valence-electron chi connectivity index (χ2n) is 8.17. The number of halogens is 3. The molecule has 1 aromatic rings. The van der Waals surface area contributed by atoms with E-state index in [1.807, 2.05) is 0 Å². The molecule has 4 rings (SSSR count). The van der Waals surface area contributed by atoms with E-state index in [4.69, 9.17) is 5.73 Å². The molecule has 0 radical (unpaired) electrons. The first-order valence-corrected chi connectivity index (χ1v) is 11.4. The van der Waals surface area contributed by atoms with Crippen molar-refractivity contribution in [1.29, 1.82) is 0 Å². The van der Waals surface area contributed by atoms with E-state index in [-0.39, 0.29) is 77.3 Å². The Kier molecular flexibility index (Phi) is 8.36. The van der Waals surface area contributed by atoms with Gasteiger partial charge in [-0.25, -0.2) is 9.78 Å². The van der Waals surface area contributed by atoms with Gasteiger partial charge in [0.1, 0.15) is 17.4 Å². The van der Waals surface area contributed by atoms with Crippen LogP contribution in [0.3, 0.4) is 0 Å². The molecule has 6 N–H and O–H groups in total. The van der Waals surface area contributed by atoms with E-state index in [2.05, 4.69) is 20.8 Å². The molecule has 0 aliphatic carbocycles. The zero-order valence-electron chi connectivity index (χ0n) is 18.3. The molecule has 0 spiro atoms. The summed E-state index contributed by atoms with van der Waals surface area (Å²) in [5, 5.41) is 28.2. The summed E-state index contributed by atoms with van der Waals surface area (Å²) in [5.41, 5.74) is 3.43. The van der Waals surface area contributed by atoms with Crippen molar-refractivity contribution in [1.82, 2.24) is 20.5 Å². The summed E-state index contributed by atoms with van der Waals surface area (Å²) in [5.74, 6) is -4.20. The predicted molar refractivity (Wildman–Crippen MR) is 124 cm³/mol. The summed E-state index contributed by atoms with van der Waals surface area (Å²) in [6.45, 7) is 0.115. The molecule has 3 amide bonds. The van der Waals surface area contributed by atoms with Crippen molar-refractivity contribution in [2.75, 3.05) is 12.3 Å². The van der Waals surface area contributed by atoms with Crippen LogP contribution < -0.4 is 16.4 Å². The molecule has 12 nitrogen and oxygen atoms in total. The average molecular weight is 552 g/mol. The first kappa shape index (κ1) is 28.6. The van der Waals surface area contributed by atoms with Crippen LogP contribution in [0.1, 0.15) is 31.4 Å². The number of aliphatic carboxylic acids is 1. The van der Waals surface area contributed by atoms with Crippen LogP contribution in [0.25, 0.3) is 0 Å². The summed E-state index contributed by atoms with van der Waals surface area (Å²) >= 11 is 0.979. The van der Waals surface area contributed by atoms with E-state index >= 15 is 0 Å². The van der Waals surface area contributed by atoms with E-state index in [0.29, 0.717) is 0 Å². The van der Waals surface area contributed by atoms with Gasteiger partial charge in [0.05, 0.1) is 12.5 Å². The van der Waals surface area contributed by atoms with E-state index in [1.54, 1.807) is 0 Å². The number of nitrogens with zero attached hydrogens (tertiary/aromatic N) is 3. The Morgan fingerprint density at radius 1 is 1.32 bits per heavy atom. The molecule has 0 unspecified atom stereocenters. The van der Waals surface area contributed by atoms with Gasteiger partial charge in [-0.1, -0.05) is 5.16 Å². The fourth-order valence-electron chi connectivity index (χ4n) is 4.58. The summed E-state index contributed by atoms with van der Waals surface area (Å²) in [6, 6.07) is -2.08. The average Bonchev–Trinajstić information content (AvgIpc) is 3.42. The Hall–Kier alpha value is -2.95. The van der Waals surface area contributed by atoms with E-state index in [1.165, 1.54) is 5.38 Å². The molecule has 37 heavy (non-hydrogen) atoms. The Balaban J connectivity index is 0.00000380. The topological polar surface area (TPSA) is 187 Å². The number of rotatable bonds is 6. The molecule has 0 saturated carbocycles. The monoisotopic (exact) mass is 552 g/mol. The van der Waals surface area contributed by atoms with Crippen LogP contribution in [-0.2, 0) is 19.2 Å². The fourth-order valence-corrected chi connectivity index (χ4v) is 5.13. The third kappa shape index (κ3) is 5.51. The van der Waals surface area contributed by atoms with Crippen LogP contribution in [0.5, 0.6) is 0 Å². The number of carbonyl (C=O) groups is 4. The third-order valence-electron chi connectivity index (χ3n) is 6.05. The van der Waals surface area contributed by atoms with Gasteiger partial charge >= 0.3 is 41.7 Å². The molecule has 1 aromatic heterocycles. The van der Waals surface area contributed by atoms with Crippen LogP contribution in [0.15, 0.2) is 33.0 Å². The van der Waals surface area contributed by atoms with Crippen LogP contribution in [0.2, 0.25) is 0 Å². The van der Waals surface area contributed by atoms with Crippen LogP contribution in [-0.4, -0.2) is 104 Å². The number of carbonyl (C=O) groups excluding carboxylic acids is 3. The number of allylic oxidation sites excluding steroid dienone is 2. The molecule has 4 heterocycles. The number of hydrogen-bond donors (Lipinski definition) is 5. The number of alkyl halides is 3. The van der Waals surface area contributed by atoms with E-state index < -0.39 is 65.4 Å². The summed E-state index contributed by atoms with van der Waals surface area (Å²) in [6.07, 6.45) is -6.42. The Morgan fingerprint density at radius 3 is 2.54 bits per heavy atom. The second-order valence-corrected chi connectivity index (χ2v) is 9.06. The van der Waals surface area contributed by atoms with Crippen LogP contribution >= 0.6 is 11.3 Å². The minimum absolute atomic E-state index is 0. The number of fused-ring (bicyclic) bond motifs is 1. The van der Waals surface area contributed by atoms with E-state index in [9.17, 15) is 42.7 Å². The number of aromatic nitrogens is 1. The molecule has 2 atom stereocenters. The third-order valence-corrected chi connectivity index (χ3v) is 6.72. The number of thiazole rings is 1. The number of hydrogen-bond acceptors (Lipinski definition) is 9. The Bertz CT molecular complexity index is 1260. The van der Waals surface area contributed by atoms with Gasteiger partial charge in [-0.3, -0.25) is 19.3 Å². The Morgan fingerprint density at radius 2 is 2.03 bits per heavy atom.